The number of carbonyl (C=O) groups is 1. The number of nitrogens with one attached hydrogen (secondary N) is 1. The van der Waals surface area contributed by atoms with E-state index in [1.807, 2.05) is 11.8 Å². The van der Waals surface area contributed by atoms with Gasteiger partial charge in [0, 0.05) is 31.2 Å². The van der Waals surface area contributed by atoms with Crippen molar-refractivity contribution in [3.8, 4) is 0 Å². The van der Waals surface area contributed by atoms with Gasteiger partial charge < -0.3 is 5.32 Å². The fourth-order valence-electron chi connectivity index (χ4n) is 3.23. The smallest absolute Gasteiger partial charge is 0.243 e. The summed E-state index contributed by atoms with van der Waals surface area (Å²) in [5.41, 5.74) is 0.817. The van der Waals surface area contributed by atoms with Crippen LogP contribution in [0.3, 0.4) is 0 Å². The summed E-state index contributed by atoms with van der Waals surface area (Å²) in [7, 11) is -3.60. The molecule has 2 aromatic carbocycles. The first kappa shape index (κ1) is 21.7. The molecule has 0 aromatic heterocycles. The predicted octanol–water partition coefficient (Wildman–Crippen LogP) is 2.66. The largest absolute Gasteiger partial charge is 0.348 e. The molecule has 156 valence electrons. The second-order valence-corrected chi connectivity index (χ2v) is 9.35. The molecule has 1 heterocycles. The molecule has 29 heavy (non-hydrogen) atoms. The van der Waals surface area contributed by atoms with Crippen molar-refractivity contribution in [3.05, 3.63) is 64.9 Å². The maximum Gasteiger partial charge on any atom is 0.243 e. The monoisotopic (exact) mass is 439 g/mol. The summed E-state index contributed by atoms with van der Waals surface area (Å²) in [6, 6.07) is 12.0. The Labute approximate surface area is 175 Å². The molecule has 0 spiro atoms. The SMILES string of the molecule is C[C@@H](NC(=O)CN1CCN(S(=O)(=O)c2cccc(Cl)c2)CC1)c1ccc(F)cc1. The van der Waals surface area contributed by atoms with Gasteiger partial charge >= 0.3 is 0 Å². The summed E-state index contributed by atoms with van der Waals surface area (Å²) in [5.74, 6) is -0.481. The van der Waals surface area contributed by atoms with Crippen molar-refractivity contribution in [2.75, 3.05) is 32.7 Å². The number of amides is 1. The lowest BCUT2D eigenvalue weighted by molar-refractivity contribution is -0.123. The van der Waals surface area contributed by atoms with Crippen LogP contribution in [-0.4, -0.2) is 56.3 Å². The van der Waals surface area contributed by atoms with Gasteiger partial charge in [-0.3, -0.25) is 9.69 Å². The third kappa shape index (κ3) is 5.54. The first-order valence-electron chi connectivity index (χ1n) is 9.28. The molecule has 1 aliphatic heterocycles. The Balaban J connectivity index is 1.51. The highest BCUT2D eigenvalue weighted by Crippen LogP contribution is 2.21. The van der Waals surface area contributed by atoms with Crippen molar-refractivity contribution < 1.29 is 17.6 Å². The molecule has 1 N–H and O–H groups in total. The van der Waals surface area contributed by atoms with Crippen LogP contribution in [0.25, 0.3) is 0 Å². The van der Waals surface area contributed by atoms with Gasteiger partial charge in [0.05, 0.1) is 17.5 Å². The zero-order valence-electron chi connectivity index (χ0n) is 16.0. The normalized spacial score (nSPS) is 17.1. The van der Waals surface area contributed by atoms with Gasteiger partial charge in [-0.1, -0.05) is 29.8 Å². The molecule has 0 bridgehead atoms. The Morgan fingerprint density at radius 1 is 1.14 bits per heavy atom. The number of nitrogens with zero attached hydrogens (tertiary/aromatic N) is 2. The highest BCUT2D eigenvalue weighted by atomic mass is 35.5. The van der Waals surface area contributed by atoms with Gasteiger partial charge in [0.25, 0.3) is 0 Å². The van der Waals surface area contributed by atoms with Gasteiger partial charge in [0.15, 0.2) is 0 Å². The predicted molar refractivity (Wildman–Crippen MR) is 110 cm³/mol. The third-order valence-electron chi connectivity index (χ3n) is 4.88. The van der Waals surface area contributed by atoms with Crippen LogP contribution >= 0.6 is 11.6 Å². The zero-order valence-corrected chi connectivity index (χ0v) is 17.6. The van der Waals surface area contributed by atoms with Crippen LogP contribution in [0.4, 0.5) is 4.39 Å². The van der Waals surface area contributed by atoms with Crippen molar-refractivity contribution in [1.82, 2.24) is 14.5 Å². The molecule has 0 unspecified atom stereocenters. The van der Waals surface area contributed by atoms with E-state index < -0.39 is 10.0 Å². The molecule has 0 saturated carbocycles. The quantitative estimate of drug-likeness (QED) is 0.751. The van der Waals surface area contributed by atoms with E-state index in [-0.39, 0.29) is 29.2 Å². The summed E-state index contributed by atoms with van der Waals surface area (Å²) in [6.07, 6.45) is 0. The van der Waals surface area contributed by atoms with Gasteiger partial charge in [-0.05, 0) is 42.8 Å². The van der Waals surface area contributed by atoms with Crippen LogP contribution in [0.15, 0.2) is 53.4 Å². The highest BCUT2D eigenvalue weighted by Gasteiger charge is 2.29. The topological polar surface area (TPSA) is 69.7 Å². The van der Waals surface area contributed by atoms with E-state index >= 15 is 0 Å². The van der Waals surface area contributed by atoms with E-state index in [4.69, 9.17) is 11.6 Å². The van der Waals surface area contributed by atoms with E-state index in [0.717, 1.165) is 5.56 Å². The van der Waals surface area contributed by atoms with E-state index in [0.29, 0.717) is 31.2 Å². The van der Waals surface area contributed by atoms with Crippen LogP contribution in [0.1, 0.15) is 18.5 Å². The fourth-order valence-corrected chi connectivity index (χ4v) is 4.95. The van der Waals surface area contributed by atoms with Gasteiger partial charge in [0.2, 0.25) is 15.9 Å². The fraction of sp³-hybridized carbons (Fsp3) is 0.350. The Morgan fingerprint density at radius 2 is 1.79 bits per heavy atom. The molecule has 1 fully saturated rings. The molecule has 0 radical (unpaired) electrons. The lowest BCUT2D eigenvalue weighted by atomic mass is 10.1. The third-order valence-corrected chi connectivity index (χ3v) is 7.01. The van der Waals surface area contributed by atoms with Crippen molar-refractivity contribution >= 4 is 27.5 Å². The highest BCUT2D eigenvalue weighted by molar-refractivity contribution is 7.89. The second-order valence-electron chi connectivity index (χ2n) is 6.98. The lowest BCUT2D eigenvalue weighted by Gasteiger charge is -2.33. The van der Waals surface area contributed by atoms with Crippen LogP contribution in [0, 0.1) is 5.82 Å². The Hall–Kier alpha value is -2.00. The Bertz CT molecular complexity index is 961. The number of hydrogen-bond acceptors (Lipinski definition) is 4. The average molecular weight is 440 g/mol. The van der Waals surface area contributed by atoms with Gasteiger partial charge in [-0.15, -0.1) is 0 Å². The minimum atomic E-state index is -3.60. The minimum absolute atomic E-state index is 0.159. The average Bonchev–Trinajstić information content (AvgIpc) is 2.68. The van der Waals surface area contributed by atoms with Crippen LogP contribution in [0.5, 0.6) is 0 Å². The first-order chi connectivity index (χ1) is 13.8. The molecule has 1 amide bonds. The number of halogens is 2. The molecular weight excluding hydrogens is 417 g/mol. The summed E-state index contributed by atoms with van der Waals surface area (Å²) in [5, 5.41) is 3.26. The van der Waals surface area contributed by atoms with Gasteiger partial charge in [0.1, 0.15) is 5.82 Å². The van der Waals surface area contributed by atoms with Crippen LogP contribution in [-0.2, 0) is 14.8 Å². The van der Waals surface area contributed by atoms with Gasteiger partial charge in [-0.2, -0.15) is 4.31 Å². The number of carbonyl (C=O) groups excluding carboxylic acids is 1. The standard InChI is InChI=1S/C20H23ClFN3O3S/c1-15(16-5-7-18(22)8-6-16)23-20(26)14-24-9-11-25(12-10-24)29(27,28)19-4-2-3-17(21)13-19/h2-8,13,15H,9-12,14H2,1H3,(H,23,26)/t15-/m1/s1. The number of hydrogen-bond donors (Lipinski definition) is 1. The minimum Gasteiger partial charge on any atom is -0.348 e. The molecule has 1 aliphatic rings. The van der Waals surface area contributed by atoms with Crippen molar-refractivity contribution in [2.24, 2.45) is 0 Å². The maximum absolute atomic E-state index is 13.0. The molecule has 2 aromatic rings. The summed E-state index contributed by atoms with van der Waals surface area (Å²) in [4.78, 5) is 14.4. The number of sulfonamides is 1. The molecule has 1 atom stereocenters. The molecule has 6 nitrogen and oxygen atoms in total. The van der Waals surface area contributed by atoms with E-state index in [9.17, 15) is 17.6 Å². The van der Waals surface area contributed by atoms with Crippen LogP contribution < -0.4 is 5.32 Å². The van der Waals surface area contributed by atoms with E-state index in [2.05, 4.69) is 5.32 Å². The number of benzene rings is 2. The molecule has 9 heteroatoms. The summed E-state index contributed by atoms with van der Waals surface area (Å²) in [6.45, 7) is 3.53. The van der Waals surface area contributed by atoms with E-state index in [1.165, 1.54) is 28.6 Å². The van der Waals surface area contributed by atoms with Crippen LogP contribution in [0.2, 0.25) is 5.02 Å². The lowest BCUT2D eigenvalue weighted by Crippen LogP contribution is -2.51. The Kier molecular flexibility index (Phi) is 6.89. The Morgan fingerprint density at radius 3 is 2.41 bits per heavy atom. The molecule has 0 aliphatic carbocycles. The molecule has 3 rings (SSSR count). The van der Waals surface area contributed by atoms with Gasteiger partial charge in [-0.25, -0.2) is 12.8 Å². The summed E-state index contributed by atoms with van der Waals surface area (Å²) >= 11 is 5.91. The van der Waals surface area contributed by atoms with Crippen molar-refractivity contribution in [1.29, 1.82) is 0 Å². The second kappa shape index (κ2) is 9.21. The first-order valence-corrected chi connectivity index (χ1v) is 11.1. The van der Waals surface area contributed by atoms with E-state index in [1.54, 1.807) is 24.3 Å². The summed E-state index contributed by atoms with van der Waals surface area (Å²) < 4.78 is 39.9. The molecular formula is C20H23ClFN3O3S. The maximum atomic E-state index is 13.0. The zero-order chi connectivity index (χ0) is 21.0. The number of piperazine rings is 1. The van der Waals surface area contributed by atoms with Crippen molar-refractivity contribution in [3.63, 3.8) is 0 Å². The number of rotatable bonds is 6. The molecule has 1 saturated heterocycles. The van der Waals surface area contributed by atoms with Crippen molar-refractivity contribution in [2.45, 2.75) is 17.9 Å².